The number of rotatable bonds is 4. The van der Waals surface area contributed by atoms with Gasteiger partial charge in [0.2, 0.25) is 15.9 Å². The van der Waals surface area contributed by atoms with Crippen LogP contribution in [-0.4, -0.2) is 50.8 Å². The number of esters is 1. The van der Waals surface area contributed by atoms with E-state index in [9.17, 15) is 18.0 Å². The Morgan fingerprint density at radius 3 is 2.67 bits per heavy atom. The minimum Gasteiger partial charge on any atom is -0.465 e. The molecular formula is C15H19BrN2O5S. The summed E-state index contributed by atoms with van der Waals surface area (Å²) in [6, 6.07) is 3.35. The summed E-state index contributed by atoms with van der Waals surface area (Å²) in [5.74, 6) is -1.14. The van der Waals surface area contributed by atoms with Gasteiger partial charge in [-0.15, -0.1) is 0 Å². The van der Waals surface area contributed by atoms with Gasteiger partial charge in [0, 0.05) is 17.6 Å². The highest BCUT2D eigenvalue weighted by molar-refractivity contribution is 9.10. The van der Waals surface area contributed by atoms with Gasteiger partial charge in [-0.2, -0.15) is 4.31 Å². The predicted molar refractivity (Wildman–Crippen MR) is 91.0 cm³/mol. The summed E-state index contributed by atoms with van der Waals surface area (Å²) in [6.45, 7) is 4.02. The largest absolute Gasteiger partial charge is 0.465 e. The second-order valence-electron chi connectivity index (χ2n) is 5.73. The monoisotopic (exact) mass is 418 g/mol. The van der Waals surface area contributed by atoms with Crippen LogP contribution in [0.4, 0.5) is 0 Å². The molecule has 132 valence electrons. The maximum absolute atomic E-state index is 13.0. The molecule has 0 spiro atoms. The second-order valence-corrected chi connectivity index (χ2v) is 8.47. The highest BCUT2D eigenvalue weighted by atomic mass is 79.9. The third-order valence-corrected chi connectivity index (χ3v) is 6.36. The Balaban J connectivity index is 2.50. The van der Waals surface area contributed by atoms with Crippen LogP contribution in [0.1, 0.15) is 24.2 Å². The van der Waals surface area contributed by atoms with Gasteiger partial charge in [-0.1, -0.05) is 13.8 Å². The summed E-state index contributed by atoms with van der Waals surface area (Å²) in [5, 5.41) is 2.69. The molecule has 0 radical (unpaired) electrons. The zero-order chi connectivity index (χ0) is 18.1. The summed E-state index contributed by atoms with van der Waals surface area (Å²) in [5.41, 5.74) is 0.112. The van der Waals surface area contributed by atoms with Crippen molar-refractivity contribution in [3.05, 3.63) is 28.2 Å². The van der Waals surface area contributed by atoms with Gasteiger partial charge in [-0.3, -0.25) is 4.79 Å². The normalized spacial score (nSPS) is 19.2. The number of halogens is 1. The van der Waals surface area contributed by atoms with Crippen molar-refractivity contribution in [3.63, 3.8) is 0 Å². The van der Waals surface area contributed by atoms with Gasteiger partial charge in [0.15, 0.2) is 0 Å². The van der Waals surface area contributed by atoms with E-state index >= 15 is 0 Å². The molecule has 1 amide bonds. The summed E-state index contributed by atoms with van der Waals surface area (Å²) in [7, 11) is -2.70. The summed E-state index contributed by atoms with van der Waals surface area (Å²) in [6.07, 6.45) is 0. The molecule has 0 bridgehead atoms. The van der Waals surface area contributed by atoms with Gasteiger partial charge < -0.3 is 10.1 Å². The molecule has 1 unspecified atom stereocenters. The standard InChI is InChI=1S/C15H19BrN2O5S/c1-9(2)13-14(19)17-6-7-18(13)24(21,22)10-4-5-12(16)11(8-10)15(20)23-3/h4-5,8-9,13H,6-7H2,1-3H3,(H,17,19). The molecule has 24 heavy (non-hydrogen) atoms. The highest BCUT2D eigenvalue weighted by Crippen LogP contribution is 2.27. The fraction of sp³-hybridized carbons (Fsp3) is 0.467. The molecule has 0 saturated carbocycles. The van der Waals surface area contributed by atoms with E-state index in [-0.39, 0.29) is 35.4 Å². The third kappa shape index (κ3) is 3.47. The van der Waals surface area contributed by atoms with Crippen LogP contribution in [0.15, 0.2) is 27.6 Å². The first-order valence-corrected chi connectivity index (χ1v) is 9.61. The maximum atomic E-state index is 13.0. The van der Waals surface area contributed by atoms with E-state index in [4.69, 9.17) is 0 Å². The number of nitrogens with zero attached hydrogens (tertiary/aromatic N) is 1. The third-order valence-electron chi connectivity index (χ3n) is 3.79. The van der Waals surface area contributed by atoms with E-state index in [0.717, 1.165) is 0 Å². The molecule has 1 atom stereocenters. The summed E-state index contributed by atoms with van der Waals surface area (Å²) in [4.78, 5) is 23.8. The summed E-state index contributed by atoms with van der Waals surface area (Å²) >= 11 is 3.21. The zero-order valence-corrected chi connectivity index (χ0v) is 16.0. The van der Waals surface area contributed by atoms with Crippen LogP contribution in [0, 0.1) is 5.92 Å². The fourth-order valence-electron chi connectivity index (χ4n) is 2.64. The Morgan fingerprint density at radius 2 is 2.08 bits per heavy atom. The van der Waals surface area contributed by atoms with Crippen molar-refractivity contribution in [2.45, 2.75) is 24.8 Å². The van der Waals surface area contributed by atoms with Crippen LogP contribution in [0.5, 0.6) is 0 Å². The van der Waals surface area contributed by atoms with E-state index < -0.39 is 22.0 Å². The van der Waals surface area contributed by atoms with E-state index in [1.54, 1.807) is 13.8 Å². The van der Waals surface area contributed by atoms with Crippen molar-refractivity contribution in [2.24, 2.45) is 5.92 Å². The first-order chi connectivity index (χ1) is 11.2. The lowest BCUT2D eigenvalue weighted by Crippen LogP contribution is -2.59. The Labute approximate surface area is 149 Å². The first-order valence-electron chi connectivity index (χ1n) is 7.37. The molecule has 1 aliphatic rings. The Morgan fingerprint density at radius 1 is 1.42 bits per heavy atom. The molecule has 1 N–H and O–H groups in total. The summed E-state index contributed by atoms with van der Waals surface area (Å²) < 4.78 is 32.3. The van der Waals surface area contributed by atoms with E-state index in [1.165, 1.54) is 29.6 Å². The average Bonchev–Trinajstić information content (AvgIpc) is 2.53. The molecule has 1 saturated heterocycles. The number of carbonyl (C=O) groups is 2. The van der Waals surface area contributed by atoms with Crippen molar-refractivity contribution in [3.8, 4) is 0 Å². The van der Waals surface area contributed by atoms with Crippen molar-refractivity contribution in [1.82, 2.24) is 9.62 Å². The van der Waals surface area contributed by atoms with Crippen molar-refractivity contribution < 1.29 is 22.7 Å². The van der Waals surface area contributed by atoms with Crippen molar-refractivity contribution in [1.29, 1.82) is 0 Å². The number of hydrogen-bond donors (Lipinski definition) is 1. The van der Waals surface area contributed by atoms with Gasteiger partial charge >= 0.3 is 5.97 Å². The number of amides is 1. The Hall–Kier alpha value is -1.45. The van der Waals surface area contributed by atoms with Crippen molar-refractivity contribution >= 4 is 37.8 Å². The van der Waals surface area contributed by atoms with Gasteiger partial charge in [0.05, 0.1) is 17.6 Å². The van der Waals surface area contributed by atoms with E-state index in [0.29, 0.717) is 4.47 Å². The smallest absolute Gasteiger partial charge is 0.339 e. The number of hydrogen-bond acceptors (Lipinski definition) is 5. The minimum atomic E-state index is -3.93. The van der Waals surface area contributed by atoms with Crippen LogP contribution >= 0.6 is 15.9 Å². The average molecular weight is 419 g/mol. The van der Waals surface area contributed by atoms with Gasteiger partial charge in [-0.05, 0) is 40.0 Å². The van der Waals surface area contributed by atoms with Gasteiger partial charge in [0.25, 0.3) is 0 Å². The molecule has 9 heteroatoms. The molecule has 2 rings (SSSR count). The number of carbonyl (C=O) groups excluding carboxylic acids is 2. The van der Waals surface area contributed by atoms with Crippen LogP contribution in [0.3, 0.4) is 0 Å². The predicted octanol–water partition coefficient (Wildman–Crippen LogP) is 1.38. The molecule has 1 aromatic carbocycles. The number of benzene rings is 1. The molecule has 1 aromatic rings. The molecular weight excluding hydrogens is 400 g/mol. The molecule has 7 nitrogen and oxygen atoms in total. The topological polar surface area (TPSA) is 92.8 Å². The number of sulfonamides is 1. The van der Waals surface area contributed by atoms with Crippen molar-refractivity contribution in [2.75, 3.05) is 20.2 Å². The Kier molecular flexibility index (Phi) is 5.67. The molecule has 1 aliphatic heterocycles. The van der Waals surface area contributed by atoms with E-state index in [1.807, 2.05) is 0 Å². The quantitative estimate of drug-likeness (QED) is 0.745. The first kappa shape index (κ1) is 18.9. The molecule has 1 heterocycles. The SMILES string of the molecule is COC(=O)c1cc(S(=O)(=O)N2CCNC(=O)C2C(C)C)ccc1Br. The lowest BCUT2D eigenvalue weighted by molar-refractivity contribution is -0.128. The minimum absolute atomic E-state index is 0.0496. The van der Waals surface area contributed by atoms with Crippen LogP contribution < -0.4 is 5.32 Å². The Bertz CT molecular complexity index is 763. The van der Waals surface area contributed by atoms with Gasteiger partial charge in [0.1, 0.15) is 6.04 Å². The molecule has 0 aliphatic carbocycles. The number of piperazine rings is 1. The number of methoxy groups -OCH3 is 1. The van der Waals surface area contributed by atoms with E-state index in [2.05, 4.69) is 26.0 Å². The van der Waals surface area contributed by atoms with Crippen LogP contribution in [0.25, 0.3) is 0 Å². The fourth-order valence-corrected chi connectivity index (χ4v) is 4.79. The maximum Gasteiger partial charge on any atom is 0.339 e. The number of nitrogens with one attached hydrogen (secondary N) is 1. The lowest BCUT2D eigenvalue weighted by atomic mass is 10.0. The zero-order valence-electron chi connectivity index (χ0n) is 13.6. The van der Waals surface area contributed by atoms with Gasteiger partial charge in [-0.25, -0.2) is 13.2 Å². The molecule has 0 aromatic heterocycles. The highest BCUT2D eigenvalue weighted by Gasteiger charge is 2.40. The molecule has 1 fully saturated rings. The number of ether oxygens (including phenoxy) is 1. The lowest BCUT2D eigenvalue weighted by Gasteiger charge is -2.36. The van der Waals surface area contributed by atoms with Crippen LogP contribution in [0.2, 0.25) is 0 Å². The second kappa shape index (κ2) is 7.20. The van der Waals surface area contributed by atoms with Crippen LogP contribution in [-0.2, 0) is 19.6 Å².